The Labute approximate surface area is 214 Å². The largest absolute Gasteiger partial charge is 0.488 e. The molecular formula is C27H27N7O3. The number of nitrogens with two attached hydrogens (primary N) is 1. The molecule has 0 spiro atoms. The second-order valence-corrected chi connectivity index (χ2v) is 8.47. The molecule has 1 fully saturated rings. The van der Waals surface area contributed by atoms with Crippen molar-refractivity contribution in [1.29, 1.82) is 0 Å². The molecule has 2 aromatic carbocycles. The van der Waals surface area contributed by atoms with Crippen LogP contribution in [0.1, 0.15) is 12.8 Å². The van der Waals surface area contributed by atoms with Gasteiger partial charge < -0.3 is 31.2 Å². The number of hydrogen-bond donors (Lipinski definition) is 4. The van der Waals surface area contributed by atoms with Crippen LogP contribution in [-0.4, -0.2) is 40.3 Å². The highest BCUT2D eigenvalue weighted by Crippen LogP contribution is 2.30. The minimum Gasteiger partial charge on any atom is -0.488 e. The van der Waals surface area contributed by atoms with Crippen LogP contribution < -0.4 is 26.4 Å². The van der Waals surface area contributed by atoms with Crippen molar-refractivity contribution in [2.45, 2.75) is 18.9 Å². The third-order valence-electron chi connectivity index (χ3n) is 5.76. The van der Waals surface area contributed by atoms with Gasteiger partial charge in [-0.05, 0) is 60.7 Å². The summed E-state index contributed by atoms with van der Waals surface area (Å²) < 4.78 is 11.4. The number of rotatable bonds is 7. The molecule has 0 radical (unpaired) electrons. The molecule has 2 amide bonds. The van der Waals surface area contributed by atoms with E-state index in [1.165, 1.54) is 0 Å². The van der Waals surface area contributed by atoms with Crippen molar-refractivity contribution in [3.63, 3.8) is 0 Å². The lowest BCUT2D eigenvalue weighted by Crippen LogP contribution is -2.26. The molecule has 188 valence electrons. The van der Waals surface area contributed by atoms with E-state index in [1.807, 2.05) is 36.4 Å². The second-order valence-electron chi connectivity index (χ2n) is 8.47. The van der Waals surface area contributed by atoms with Gasteiger partial charge in [-0.25, -0.2) is 14.8 Å². The monoisotopic (exact) mass is 497 g/mol. The van der Waals surface area contributed by atoms with Crippen molar-refractivity contribution in [3.8, 4) is 17.0 Å². The second kappa shape index (κ2) is 11.4. The summed E-state index contributed by atoms with van der Waals surface area (Å²) in [5.74, 6) is 1.11. The van der Waals surface area contributed by atoms with Gasteiger partial charge in [0.1, 0.15) is 11.9 Å². The summed E-state index contributed by atoms with van der Waals surface area (Å²) in [5.41, 5.74) is 10.5. The van der Waals surface area contributed by atoms with E-state index in [0.29, 0.717) is 42.0 Å². The summed E-state index contributed by atoms with van der Waals surface area (Å²) in [5, 5.41) is 8.73. The molecule has 5 N–H and O–H groups in total. The van der Waals surface area contributed by atoms with Crippen LogP contribution in [0, 0.1) is 0 Å². The minimum atomic E-state index is -0.341. The van der Waals surface area contributed by atoms with E-state index in [2.05, 4.69) is 30.9 Å². The van der Waals surface area contributed by atoms with Crippen molar-refractivity contribution >= 4 is 34.7 Å². The summed E-state index contributed by atoms with van der Waals surface area (Å²) >= 11 is 0. The van der Waals surface area contributed by atoms with Gasteiger partial charge >= 0.3 is 6.03 Å². The average Bonchev–Trinajstić information content (AvgIpc) is 2.92. The van der Waals surface area contributed by atoms with Crippen LogP contribution in [0.25, 0.3) is 11.3 Å². The molecule has 2 aromatic heterocycles. The molecule has 4 aromatic rings. The summed E-state index contributed by atoms with van der Waals surface area (Å²) in [6.45, 7) is 1.42. The summed E-state index contributed by atoms with van der Waals surface area (Å²) in [6.07, 6.45) is 6.75. The highest BCUT2D eigenvalue weighted by molar-refractivity contribution is 5.99. The molecule has 0 aliphatic carbocycles. The van der Waals surface area contributed by atoms with Gasteiger partial charge in [-0.15, -0.1) is 0 Å². The molecule has 5 rings (SSSR count). The van der Waals surface area contributed by atoms with E-state index in [0.717, 1.165) is 29.8 Å². The van der Waals surface area contributed by atoms with E-state index >= 15 is 0 Å². The smallest absolute Gasteiger partial charge is 0.323 e. The summed E-state index contributed by atoms with van der Waals surface area (Å²) in [6, 6.07) is 17.8. The van der Waals surface area contributed by atoms with Gasteiger partial charge in [-0.1, -0.05) is 0 Å². The first-order valence-corrected chi connectivity index (χ1v) is 11.9. The first-order chi connectivity index (χ1) is 18.1. The zero-order valence-electron chi connectivity index (χ0n) is 20.1. The predicted octanol–water partition coefficient (Wildman–Crippen LogP) is 5.07. The minimum absolute atomic E-state index is 0.120. The molecule has 0 atom stereocenters. The van der Waals surface area contributed by atoms with Crippen molar-refractivity contribution in [2.24, 2.45) is 0 Å². The molecule has 1 aliphatic heterocycles. The van der Waals surface area contributed by atoms with Gasteiger partial charge in [-0.3, -0.25) is 4.98 Å². The Bertz CT molecular complexity index is 1340. The summed E-state index contributed by atoms with van der Waals surface area (Å²) in [7, 11) is 0. The lowest BCUT2D eigenvalue weighted by atomic mass is 10.1. The molecule has 0 unspecified atom stereocenters. The Hall–Kier alpha value is -4.70. The lowest BCUT2D eigenvalue weighted by molar-refractivity contribution is 0.0259. The molecule has 10 nitrogen and oxygen atoms in total. The maximum absolute atomic E-state index is 12.2. The third kappa shape index (κ3) is 6.50. The molecule has 0 saturated carbocycles. The maximum Gasteiger partial charge on any atom is 0.323 e. The number of benzene rings is 2. The van der Waals surface area contributed by atoms with E-state index in [4.69, 9.17) is 15.2 Å². The Morgan fingerprint density at radius 3 is 2.32 bits per heavy atom. The van der Waals surface area contributed by atoms with Crippen molar-refractivity contribution < 1.29 is 14.3 Å². The van der Waals surface area contributed by atoms with Crippen molar-refractivity contribution in [1.82, 2.24) is 15.0 Å². The number of pyridine rings is 1. The van der Waals surface area contributed by atoms with Gasteiger partial charge in [0.15, 0.2) is 0 Å². The number of hydrogen-bond acceptors (Lipinski definition) is 8. The topological polar surface area (TPSA) is 136 Å². The fourth-order valence-corrected chi connectivity index (χ4v) is 3.86. The number of nitrogen functional groups attached to an aromatic ring is 1. The number of urea groups is 1. The Morgan fingerprint density at radius 2 is 1.59 bits per heavy atom. The van der Waals surface area contributed by atoms with Crippen molar-refractivity contribution in [3.05, 3.63) is 79.3 Å². The SMILES string of the molecule is Nc1cc(-c2ccnc(Nc3ccc(NC(=O)Nc4ccncc4)cc3)n2)ccc1OC1CCOCC1. The Balaban J connectivity index is 1.20. The Morgan fingerprint density at radius 1 is 0.892 bits per heavy atom. The van der Waals surface area contributed by atoms with Crippen molar-refractivity contribution in [2.75, 3.05) is 34.9 Å². The first kappa shape index (κ1) is 24.0. The maximum atomic E-state index is 12.2. The number of nitrogens with one attached hydrogen (secondary N) is 3. The number of carbonyl (C=O) groups excluding carboxylic acids is 1. The molecule has 0 bridgehead atoms. The van der Waals surface area contributed by atoms with E-state index < -0.39 is 0 Å². The fraction of sp³-hybridized carbons (Fsp3) is 0.185. The van der Waals surface area contributed by atoms with Crippen LogP contribution in [0.2, 0.25) is 0 Å². The number of carbonyl (C=O) groups is 1. The summed E-state index contributed by atoms with van der Waals surface area (Å²) in [4.78, 5) is 25.0. The van der Waals surface area contributed by atoms with Crippen LogP contribution in [0.3, 0.4) is 0 Å². The third-order valence-corrected chi connectivity index (χ3v) is 5.76. The van der Waals surface area contributed by atoms with E-state index in [9.17, 15) is 4.79 Å². The van der Waals surface area contributed by atoms with Crippen LogP contribution >= 0.6 is 0 Å². The van der Waals surface area contributed by atoms with E-state index in [1.54, 1.807) is 42.9 Å². The van der Waals surface area contributed by atoms with Crippen LogP contribution in [0.4, 0.5) is 33.5 Å². The zero-order valence-corrected chi connectivity index (χ0v) is 20.1. The number of amides is 2. The number of anilines is 5. The lowest BCUT2D eigenvalue weighted by Gasteiger charge is -2.24. The number of ether oxygens (including phenoxy) is 2. The van der Waals surface area contributed by atoms with E-state index in [-0.39, 0.29) is 12.1 Å². The normalized spacial score (nSPS) is 13.5. The highest BCUT2D eigenvalue weighted by Gasteiger charge is 2.17. The highest BCUT2D eigenvalue weighted by atomic mass is 16.5. The van der Waals surface area contributed by atoms with Gasteiger partial charge in [0.2, 0.25) is 5.95 Å². The molecule has 1 saturated heterocycles. The first-order valence-electron chi connectivity index (χ1n) is 11.9. The van der Waals surface area contributed by atoms with Crippen LogP contribution in [-0.2, 0) is 4.74 Å². The molecule has 1 aliphatic rings. The quantitative estimate of drug-likeness (QED) is 0.260. The standard InChI is InChI=1S/C27H27N7O3/c28-23-17-18(1-6-25(23)37-22-10-15-36-16-11-22)24-9-14-30-26(34-24)31-19-2-4-20(5-3-19)32-27(35)33-21-7-12-29-13-8-21/h1-9,12-14,17,22H,10-11,15-16,28H2,(H,30,31,34)(H2,29,32,33,35). The Kier molecular flexibility index (Phi) is 7.37. The van der Waals surface area contributed by atoms with Crippen LogP contribution in [0.5, 0.6) is 5.75 Å². The molecule has 3 heterocycles. The molecule has 37 heavy (non-hydrogen) atoms. The number of nitrogens with zero attached hydrogens (tertiary/aromatic N) is 3. The van der Waals surface area contributed by atoms with Gasteiger partial charge in [-0.2, -0.15) is 0 Å². The number of aromatic nitrogens is 3. The fourth-order valence-electron chi connectivity index (χ4n) is 3.86. The van der Waals surface area contributed by atoms with Gasteiger partial charge in [0, 0.05) is 54.1 Å². The average molecular weight is 498 g/mol. The molecular weight excluding hydrogens is 470 g/mol. The van der Waals surface area contributed by atoms with Gasteiger partial charge in [0.25, 0.3) is 0 Å². The molecule has 10 heteroatoms. The van der Waals surface area contributed by atoms with Crippen LogP contribution in [0.15, 0.2) is 79.3 Å². The predicted molar refractivity (Wildman–Crippen MR) is 143 cm³/mol. The zero-order chi connectivity index (χ0) is 25.5. The van der Waals surface area contributed by atoms with Gasteiger partial charge in [0.05, 0.1) is 24.6 Å².